The quantitative estimate of drug-likeness (QED) is 0.287. The zero-order chi connectivity index (χ0) is 28.2. The van der Waals surface area contributed by atoms with Crippen molar-refractivity contribution in [3.63, 3.8) is 0 Å². The number of imide groups is 1. The standard InChI is InChI=1S/C30H27N3O7/c34-14-13-33-27(35)16-25(28(33)36)31-19-11-9-18(10-12-19)15-26(29(37)38)32-30(39)40-17-24-22-7-3-1-5-20(22)21-6-2-4-8-23(21)24/h1-12,16,24,26,31,34H,13-15,17H2,(H,32,39)(H,37,38). The van der Waals surface area contributed by atoms with E-state index in [-0.39, 0.29) is 37.8 Å². The maximum atomic E-state index is 12.6. The lowest BCUT2D eigenvalue weighted by molar-refractivity contribution is -0.139. The van der Waals surface area contributed by atoms with E-state index in [2.05, 4.69) is 10.6 Å². The second kappa shape index (κ2) is 11.4. The summed E-state index contributed by atoms with van der Waals surface area (Å²) >= 11 is 0. The topological polar surface area (TPSA) is 145 Å². The number of anilines is 1. The molecule has 204 valence electrons. The molecule has 1 aliphatic carbocycles. The smallest absolute Gasteiger partial charge is 0.407 e. The lowest BCUT2D eigenvalue weighted by Gasteiger charge is -2.18. The van der Waals surface area contributed by atoms with Gasteiger partial charge in [0, 0.05) is 24.1 Å². The van der Waals surface area contributed by atoms with Gasteiger partial charge in [-0.15, -0.1) is 0 Å². The first-order valence-corrected chi connectivity index (χ1v) is 12.7. The molecule has 1 atom stereocenters. The summed E-state index contributed by atoms with van der Waals surface area (Å²) in [5.74, 6) is -2.41. The van der Waals surface area contributed by atoms with Crippen LogP contribution in [0.4, 0.5) is 10.5 Å². The first-order chi connectivity index (χ1) is 19.4. The maximum Gasteiger partial charge on any atom is 0.407 e. The number of aliphatic hydroxyl groups is 1. The summed E-state index contributed by atoms with van der Waals surface area (Å²) in [6, 6.07) is 21.2. The van der Waals surface area contributed by atoms with Crippen molar-refractivity contribution in [3.8, 4) is 11.1 Å². The predicted molar refractivity (Wildman–Crippen MR) is 145 cm³/mol. The number of nitrogens with one attached hydrogen (secondary N) is 2. The first-order valence-electron chi connectivity index (χ1n) is 12.7. The van der Waals surface area contributed by atoms with Gasteiger partial charge in [0.1, 0.15) is 18.3 Å². The highest BCUT2D eigenvalue weighted by atomic mass is 16.5. The minimum absolute atomic E-state index is 0.00417. The van der Waals surface area contributed by atoms with Crippen LogP contribution >= 0.6 is 0 Å². The third-order valence-corrected chi connectivity index (χ3v) is 6.94. The number of rotatable bonds is 10. The Kier molecular flexibility index (Phi) is 7.61. The summed E-state index contributed by atoms with van der Waals surface area (Å²) in [7, 11) is 0. The molecule has 10 heteroatoms. The summed E-state index contributed by atoms with van der Waals surface area (Å²) in [6.07, 6.45) is 0.339. The fourth-order valence-electron chi connectivity index (χ4n) is 5.01. The van der Waals surface area contributed by atoms with E-state index in [4.69, 9.17) is 9.84 Å². The Morgan fingerprint density at radius 1 is 0.925 bits per heavy atom. The second-order valence-corrected chi connectivity index (χ2v) is 9.46. The van der Waals surface area contributed by atoms with Gasteiger partial charge in [-0.2, -0.15) is 0 Å². The molecule has 0 saturated carbocycles. The van der Waals surface area contributed by atoms with Gasteiger partial charge in [0.2, 0.25) is 0 Å². The van der Waals surface area contributed by atoms with Gasteiger partial charge in [0.05, 0.1) is 13.2 Å². The molecular formula is C30H27N3O7. The van der Waals surface area contributed by atoms with E-state index in [1.165, 1.54) is 0 Å². The Bertz CT molecular complexity index is 1450. The van der Waals surface area contributed by atoms with Crippen LogP contribution in [-0.4, -0.2) is 64.8 Å². The highest BCUT2D eigenvalue weighted by Crippen LogP contribution is 2.44. The molecule has 3 amide bonds. The molecule has 5 rings (SSSR count). The molecule has 40 heavy (non-hydrogen) atoms. The number of carbonyl (C=O) groups is 4. The lowest BCUT2D eigenvalue weighted by atomic mass is 9.98. The number of carboxylic acids is 1. The normalized spacial score (nSPS) is 14.8. The average Bonchev–Trinajstić information content (AvgIpc) is 3.41. The number of carboxylic acid groups (broad SMARTS) is 1. The van der Waals surface area contributed by atoms with Crippen LogP contribution in [0.1, 0.15) is 22.6 Å². The number of hydrogen-bond donors (Lipinski definition) is 4. The molecule has 10 nitrogen and oxygen atoms in total. The van der Waals surface area contributed by atoms with E-state index in [0.717, 1.165) is 33.2 Å². The fourth-order valence-corrected chi connectivity index (χ4v) is 5.01. The molecule has 0 spiro atoms. The first kappa shape index (κ1) is 26.6. The Morgan fingerprint density at radius 2 is 1.55 bits per heavy atom. The number of β-amino-alcohol motifs (C(OH)–C–C–N with tert-alkyl or cyclic N) is 1. The molecule has 4 N–H and O–H groups in total. The largest absolute Gasteiger partial charge is 0.480 e. The number of ether oxygens (including phenoxy) is 1. The number of nitrogens with zero attached hydrogens (tertiary/aromatic N) is 1. The molecule has 0 radical (unpaired) electrons. The zero-order valence-corrected chi connectivity index (χ0v) is 21.4. The van der Waals surface area contributed by atoms with Gasteiger partial charge in [-0.25, -0.2) is 9.59 Å². The molecule has 1 heterocycles. The van der Waals surface area contributed by atoms with Crippen LogP contribution in [0.3, 0.4) is 0 Å². The molecule has 0 saturated heterocycles. The van der Waals surface area contributed by atoms with Gasteiger partial charge in [0.25, 0.3) is 11.8 Å². The summed E-state index contributed by atoms with van der Waals surface area (Å²) in [4.78, 5) is 49.7. The second-order valence-electron chi connectivity index (χ2n) is 9.46. The number of benzene rings is 3. The molecule has 1 unspecified atom stereocenters. The number of fused-ring (bicyclic) bond motifs is 3. The van der Waals surface area contributed by atoms with Crippen LogP contribution in [-0.2, 0) is 25.5 Å². The highest BCUT2D eigenvalue weighted by molar-refractivity contribution is 6.17. The van der Waals surface area contributed by atoms with Crippen LogP contribution in [0.15, 0.2) is 84.6 Å². The average molecular weight is 542 g/mol. The van der Waals surface area contributed by atoms with Gasteiger partial charge in [0.15, 0.2) is 0 Å². The van der Waals surface area contributed by atoms with Crippen molar-refractivity contribution in [2.75, 3.05) is 25.1 Å². The Hall–Kier alpha value is -4.96. The van der Waals surface area contributed by atoms with E-state index in [9.17, 15) is 24.3 Å². The van der Waals surface area contributed by atoms with Crippen molar-refractivity contribution in [2.24, 2.45) is 0 Å². The lowest BCUT2D eigenvalue weighted by Crippen LogP contribution is -2.42. The molecule has 3 aromatic rings. The highest BCUT2D eigenvalue weighted by Gasteiger charge is 2.31. The van der Waals surface area contributed by atoms with Crippen molar-refractivity contribution in [1.29, 1.82) is 0 Å². The summed E-state index contributed by atoms with van der Waals surface area (Å²) in [5, 5.41) is 24.0. The number of carbonyl (C=O) groups excluding carboxylic acids is 3. The van der Waals surface area contributed by atoms with Crippen molar-refractivity contribution >= 4 is 29.6 Å². The summed E-state index contributed by atoms with van der Waals surface area (Å²) in [5.41, 5.74) is 5.51. The Balaban J connectivity index is 1.18. The maximum absolute atomic E-state index is 12.6. The van der Waals surface area contributed by atoms with Crippen LogP contribution < -0.4 is 10.6 Å². The fraction of sp³-hybridized carbons (Fsp3) is 0.200. The van der Waals surface area contributed by atoms with Gasteiger partial charge in [-0.1, -0.05) is 60.7 Å². The van der Waals surface area contributed by atoms with Crippen LogP contribution in [0.2, 0.25) is 0 Å². The van der Waals surface area contributed by atoms with E-state index < -0.39 is 29.9 Å². The van der Waals surface area contributed by atoms with Crippen LogP contribution in [0.5, 0.6) is 0 Å². The summed E-state index contributed by atoms with van der Waals surface area (Å²) in [6.45, 7) is -0.354. The van der Waals surface area contributed by atoms with Gasteiger partial charge >= 0.3 is 12.1 Å². The predicted octanol–water partition coefficient (Wildman–Crippen LogP) is 2.88. The Labute approximate surface area is 229 Å². The number of aliphatic hydroxyl groups excluding tert-OH is 1. The van der Waals surface area contributed by atoms with Crippen molar-refractivity contribution in [1.82, 2.24) is 10.2 Å². The van der Waals surface area contributed by atoms with Crippen LogP contribution in [0, 0.1) is 0 Å². The molecule has 1 aliphatic heterocycles. The minimum Gasteiger partial charge on any atom is -0.480 e. The monoisotopic (exact) mass is 541 g/mol. The van der Waals surface area contributed by atoms with Crippen molar-refractivity contribution in [2.45, 2.75) is 18.4 Å². The molecule has 0 fully saturated rings. The zero-order valence-electron chi connectivity index (χ0n) is 21.4. The molecule has 0 aromatic heterocycles. The number of amides is 3. The third kappa shape index (κ3) is 5.43. The summed E-state index contributed by atoms with van der Waals surface area (Å²) < 4.78 is 5.49. The Morgan fingerprint density at radius 3 is 2.15 bits per heavy atom. The number of alkyl carbamates (subject to hydrolysis) is 1. The molecule has 2 aliphatic rings. The number of hydrogen-bond acceptors (Lipinski definition) is 7. The SMILES string of the molecule is O=C(NC(Cc1ccc(NC2=CC(=O)N(CCO)C2=O)cc1)C(=O)O)OCC1c2ccccc2-c2ccccc21. The van der Waals surface area contributed by atoms with Gasteiger partial charge in [-0.05, 0) is 39.9 Å². The van der Waals surface area contributed by atoms with Crippen LogP contribution in [0.25, 0.3) is 11.1 Å². The third-order valence-electron chi connectivity index (χ3n) is 6.94. The minimum atomic E-state index is -1.22. The molecule has 0 bridgehead atoms. The van der Waals surface area contributed by atoms with Gasteiger partial charge < -0.3 is 25.6 Å². The van der Waals surface area contributed by atoms with E-state index in [1.54, 1.807) is 24.3 Å². The van der Waals surface area contributed by atoms with E-state index in [0.29, 0.717) is 11.3 Å². The van der Waals surface area contributed by atoms with E-state index >= 15 is 0 Å². The van der Waals surface area contributed by atoms with Crippen molar-refractivity contribution in [3.05, 3.63) is 101 Å². The number of aliphatic carboxylic acids is 1. The molecular weight excluding hydrogens is 514 g/mol. The van der Waals surface area contributed by atoms with Crippen molar-refractivity contribution < 1.29 is 34.1 Å². The van der Waals surface area contributed by atoms with E-state index in [1.807, 2.05) is 48.5 Å². The van der Waals surface area contributed by atoms with Gasteiger partial charge in [-0.3, -0.25) is 14.5 Å². The molecule has 3 aromatic carbocycles.